The molecule has 0 amide bonds. The van der Waals surface area contributed by atoms with Crippen molar-refractivity contribution < 1.29 is 0 Å². The SMILES string of the molecule is CC1C=CC=NC1c1cccc(-c2c3ccccc3c(C3C=CC=C(c4ccccn4)C3C)c3ccc(-c4cc(-c5ccccc5)cc(-c5ccccc5)c4)cc23)c1. The average Bonchev–Trinajstić information content (AvgIpc) is 3.29. The van der Waals surface area contributed by atoms with Crippen LogP contribution >= 0.6 is 0 Å². The third-order valence-corrected chi connectivity index (χ3v) is 12.2. The van der Waals surface area contributed by atoms with Crippen LogP contribution in [0.3, 0.4) is 0 Å². The van der Waals surface area contributed by atoms with Crippen molar-refractivity contribution in [2.75, 3.05) is 0 Å². The van der Waals surface area contributed by atoms with Gasteiger partial charge in [-0.15, -0.1) is 0 Å². The Morgan fingerprint density at radius 2 is 1.12 bits per heavy atom. The number of nitrogens with zero attached hydrogens (tertiary/aromatic N) is 2. The Kier molecular flexibility index (Phi) is 9.31. The van der Waals surface area contributed by atoms with Gasteiger partial charge in [0.05, 0.1) is 11.7 Å². The summed E-state index contributed by atoms with van der Waals surface area (Å²) in [4.78, 5) is 9.74. The predicted molar refractivity (Wildman–Crippen MR) is 246 cm³/mol. The van der Waals surface area contributed by atoms with Gasteiger partial charge >= 0.3 is 0 Å². The first kappa shape index (κ1) is 35.5. The Morgan fingerprint density at radius 3 is 1.83 bits per heavy atom. The fraction of sp³-hybridized carbons (Fsp3) is 0.107. The van der Waals surface area contributed by atoms with E-state index >= 15 is 0 Å². The second-order valence-corrected chi connectivity index (χ2v) is 15.8. The predicted octanol–water partition coefficient (Wildman–Crippen LogP) is 14.7. The summed E-state index contributed by atoms with van der Waals surface area (Å²) in [6, 6.07) is 60.2. The van der Waals surface area contributed by atoms with E-state index in [1.54, 1.807) is 0 Å². The van der Waals surface area contributed by atoms with Crippen LogP contribution in [0.25, 0.3) is 71.6 Å². The molecule has 2 heteroatoms. The summed E-state index contributed by atoms with van der Waals surface area (Å²) < 4.78 is 0. The summed E-state index contributed by atoms with van der Waals surface area (Å²) >= 11 is 0. The molecule has 0 radical (unpaired) electrons. The van der Waals surface area contributed by atoms with Crippen LogP contribution in [0.4, 0.5) is 0 Å². The standard InChI is InChI=1S/C56H44N2/c1-37-16-15-31-58-56(37)43-22-13-21-42(32-43)54-49-23-9-10-24-50(49)55(48-26-14-25-47(38(48)2)53-27-11-12-30-57-53)51-29-28-41(36-52(51)54)46-34-44(39-17-5-3-6-18-39)33-45(35-46)40-19-7-4-8-20-40/h3-38,48,56H,1-2H3. The van der Waals surface area contributed by atoms with Crippen molar-refractivity contribution in [2.24, 2.45) is 16.8 Å². The minimum Gasteiger partial charge on any atom is -0.285 e. The maximum atomic E-state index is 4.95. The minimum atomic E-state index is 0.0828. The first-order valence-electron chi connectivity index (χ1n) is 20.5. The van der Waals surface area contributed by atoms with Gasteiger partial charge < -0.3 is 0 Å². The third-order valence-electron chi connectivity index (χ3n) is 12.2. The number of dihydropyridines is 1. The molecule has 4 atom stereocenters. The Bertz CT molecular complexity index is 2860. The van der Waals surface area contributed by atoms with Crippen molar-refractivity contribution in [3.8, 4) is 44.5 Å². The van der Waals surface area contributed by atoms with Crippen molar-refractivity contribution in [3.05, 3.63) is 217 Å². The maximum Gasteiger partial charge on any atom is 0.0809 e. The van der Waals surface area contributed by atoms with Crippen LogP contribution in [-0.2, 0) is 0 Å². The molecule has 0 saturated carbocycles. The van der Waals surface area contributed by atoms with Gasteiger partial charge in [-0.25, -0.2) is 0 Å². The zero-order valence-corrected chi connectivity index (χ0v) is 32.8. The van der Waals surface area contributed by atoms with Crippen LogP contribution in [0.15, 0.2) is 205 Å². The molecule has 58 heavy (non-hydrogen) atoms. The molecule has 0 saturated heterocycles. The lowest BCUT2D eigenvalue weighted by molar-refractivity contribution is 0.566. The second kappa shape index (κ2) is 15.2. The molecule has 2 heterocycles. The zero-order chi connectivity index (χ0) is 39.0. The van der Waals surface area contributed by atoms with Gasteiger partial charge in [0.25, 0.3) is 0 Å². The van der Waals surface area contributed by atoms with Crippen molar-refractivity contribution in [1.29, 1.82) is 0 Å². The number of fused-ring (bicyclic) bond motifs is 2. The number of benzene rings is 7. The summed E-state index contributed by atoms with van der Waals surface area (Å²) in [5.41, 5.74) is 14.6. The maximum absolute atomic E-state index is 4.95. The van der Waals surface area contributed by atoms with Crippen LogP contribution in [0.2, 0.25) is 0 Å². The number of pyridine rings is 1. The molecule has 0 N–H and O–H groups in total. The highest BCUT2D eigenvalue weighted by Gasteiger charge is 2.29. The summed E-state index contributed by atoms with van der Waals surface area (Å²) in [5, 5.41) is 5.08. The largest absolute Gasteiger partial charge is 0.285 e. The highest BCUT2D eigenvalue weighted by Crippen LogP contribution is 2.49. The van der Waals surface area contributed by atoms with Gasteiger partial charge in [0.15, 0.2) is 0 Å². The van der Waals surface area contributed by atoms with E-state index in [0.29, 0.717) is 5.92 Å². The summed E-state index contributed by atoms with van der Waals surface area (Å²) in [5.74, 6) is 0.686. The van der Waals surface area contributed by atoms with Gasteiger partial charge in [0.1, 0.15) is 0 Å². The molecule has 1 aliphatic heterocycles. The molecule has 7 aromatic carbocycles. The third kappa shape index (κ3) is 6.51. The number of aromatic nitrogens is 1. The monoisotopic (exact) mass is 744 g/mol. The van der Waals surface area contributed by atoms with Crippen LogP contribution in [0.1, 0.15) is 42.6 Å². The summed E-state index contributed by atoms with van der Waals surface area (Å²) in [6.45, 7) is 4.62. The highest BCUT2D eigenvalue weighted by atomic mass is 14.8. The van der Waals surface area contributed by atoms with Crippen LogP contribution in [0.5, 0.6) is 0 Å². The molecule has 10 rings (SSSR count). The first-order valence-corrected chi connectivity index (χ1v) is 20.5. The first-order chi connectivity index (χ1) is 28.6. The topological polar surface area (TPSA) is 25.2 Å². The molecule has 1 aliphatic carbocycles. The Morgan fingerprint density at radius 1 is 0.466 bits per heavy atom. The normalized spacial score (nSPS) is 18.8. The molecule has 0 fully saturated rings. The van der Waals surface area contributed by atoms with E-state index in [1.165, 1.54) is 82.8 Å². The molecule has 0 bridgehead atoms. The fourth-order valence-electron chi connectivity index (χ4n) is 9.32. The van der Waals surface area contributed by atoms with Crippen LogP contribution in [0, 0.1) is 11.8 Å². The van der Waals surface area contributed by atoms with E-state index in [-0.39, 0.29) is 17.9 Å². The van der Waals surface area contributed by atoms with Crippen molar-refractivity contribution >= 4 is 33.3 Å². The van der Waals surface area contributed by atoms with Gasteiger partial charge in [-0.05, 0) is 137 Å². The quantitative estimate of drug-likeness (QED) is 0.149. The molecule has 278 valence electrons. The summed E-state index contributed by atoms with van der Waals surface area (Å²) in [6.07, 6.45) is 15.1. The van der Waals surface area contributed by atoms with E-state index in [1.807, 2.05) is 18.5 Å². The Hall–Kier alpha value is -6.90. The zero-order valence-electron chi connectivity index (χ0n) is 32.8. The lowest BCUT2D eigenvalue weighted by Crippen LogP contribution is -2.14. The molecular formula is C56H44N2. The highest BCUT2D eigenvalue weighted by molar-refractivity contribution is 6.16. The van der Waals surface area contributed by atoms with Crippen LogP contribution in [-0.4, -0.2) is 11.2 Å². The molecular weight excluding hydrogens is 701 g/mol. The number of aliphatic imine (C=N–C) groups is 1. The van der Waals surface area contributed by atoms with E-state index in [2.05, 4.69) is 202 Å². The summed E-state index contributed by atoms with van der Waals surface area (Å²) in [7, 11) is 0. The molecule has 0 spiro atoms. The van der Waals surface area contributed by atoms with Gasteiger partial charge in [-0.1, -0.05) is 159 Å². The fourth-order valence-corrected chi connectivity index (χ4v) is 9.32. The number of hydrogen-bond donors (Lipinski definition) is 0. The molecule has 2 aliphatic rings. The van der Waals surface area contributed by atoms with E-state index in [0.717, 1.165) is 5.69 Å². The lowest BCUT2D eigenvalue weighted by Gasteiger charge is -2.30. The van der Waals surface area contributed by atoms with E-state index in [4.69, 9.17) is 9.98 Å². The molecule has 2 nitrogen and oxygen atoms in total. The van der Waals surface area contributed by atoms with E-state index in [9.17, 15) is 0 Å². The van der Waals surface area contributed by atoms with Gasteiger partial charge in [-0.3, -0.25) is 9.98 Å². The molecule has 1 aromatic heterocycles. The van der Waals surface area contributed by atoms with Crippen molar-refractivity contribution in [2.45, 2.75) is 25.8 Å². The van der Waals surface area contributed by atoms with Crippen LogP contribution < -0.4 is 0 Å². The second-order valence-electron chi connectivity index (χ2n) is 15.8. The van der Waals surface area contributed by atoms with E-state index < -0.39 is 0 Å². The average molecular weight is 745 g/mol. The van der Waals surface area contributed by atoms with Gasteiger partial charge in [-0.2, -0.15) is 0 Å². The van der Waals surface area contributed by atoms with Gasteiger partial charge in [0, 0.05) is 24.2 Å². The van der Waals surface area contributed by atoms with Crippen molar-refractivity contribution in [1.82, 2.24) is 4.98 Å². The molecule has 8 aromatic rings. The van der Waals surface area contributed by atoms with Gasteiger partial charge in [0.2, 0.25) is 0 Å². The Labute approximate surface area is 341 Å². The minimum absolute atomic E-state index is 0.0828. The Balaban J connectivity index is 1.23. The number of hydrogen-bond acceptors (Lipinski definition) is 2. The smallest absolute Gasteiger partial charge is 0.0809 e. The number of rotatable bonds is 7. The number of allylic oxidation sites excluding steroid dienone is 5. The lowest BCUT2D eigenvalue weighted by atomic mass is 9.74. The molecule has 4 unspecified atom stereocenters. The van der Waals surface area contributed by atoms with Crippen molar-refractivity contribution in [3.63, 3.8) is 0 Å².